The number of nitrogens with one attached hydrogen (secondary N) is 2. The van der Waals surface area contributed by atoms with Crippen molar-refractivity contribution in [2.45, 2.75) is 50.3 Å². The van der Waals surface area contributed by atoms with E-state index in [1.807, 2.05) is 30.3 Å². The van der Waals surface area contributed by atoms with Crippen LogP contribution in [0, 0.1) is 5.92 Å². The average molecular weight is 393 g/mol. The minimum Gasteiger partial charge on any atom is -0.356 e. The van der Waals surface area contributed by atoms with Gasteiger partial charge in [-0.3, -0.25) is 9.59 Å². The van der Waals surface area contributed by atoms with Gasteiger partial charge in [0.05, 0.1) is 4.91 Å². The smallest absolute Gasteiger partial charge is 0.257 e. The van der Waals surface area contributed by atoms with Crippen LogP contribution in [0.1, 0.15) is 44.6 Å². The fraction of sp³-hybridized carbons (Fsp3) is 0.500. The first kappa shape index (κ1) is 19.3. The number of unbranched alkanes of at least 4 members (excludes halogenated alkanes) is 1. The van der Waals surface area contributed by atoms with Gasteiger partial charge in [0.15, 0.2) is 0 Å². The second-order valence-corrected chi connectivity index (χ2v) is 8.61. The highest BCUT2D eigenvalue weighted by atomic mass is 35.5. The first-order valence-electron chi connectivity index (χ1n) is 9.30. The van der Waals surface area contributed by atoms with Crippen molar-refractivity contribution in [2.24, 2.45) is 5.92 Å². The predicted octanol–water partition coefficient (Wildman–Crippen LogP) is 4.00. The molecule has 1 aliphatic carbocycles. The third-order valence-corrected chi connectivity index (χ3v) is 6.77. The van der Waals surface area contributed by atoms with Crippen molar-refractivity contribution in [3.8, 4) is 0 Å². The fourth-order valence-corrected chi connectivity index (χ4v) is 4.97. The lowest BCUT2D eigenvalue weighted by Gasteiger charge is -2.39. The van der Waals surface area contributed by atoms with Gasteiger partial charge in [-0.1, -0.05) is 43.1 Å². The molecule has 2 fully saturated rings. The molecule has 1 aromatic rings. The Morgan fingerprint density at radius 1 is 1.38 bits per heavy atom. The van der Waals surface area contributed by atoms with Gasteiger partial charge in [-0.2, -0.15) is 0 Å². The monoisotopic (exact) mass is 392 g/mol. The van der Waals surface area contributed by atoms with Gasteiger partial charge in [0.1, 0.15) is 0 Å². The molecule has 4 nitrogen and oxygen atoms in total. The molecule has 2 aliphatic rings. The summed E-state index contributed by atoms with van der Waals surface area (Å²) in [4.78, 5) is 25.5. The van der Waals surface area contributed by atoms with E-state index in [0.717, 1.165) is 44.2 Å². The Morgan fingerprint density at radius 3 is 2.96 bits per heavy atom. The molecule has 0 bridgehead atoms. The number of halogens is 1. The van der Waals surface area contributed by atoms with Gasteiger partial charge in [0.25, 0.3) is 5.91 Å². The molecule has 3 unspecified atom stereocenters. The number of thioether (sulfide) groups is 1. The van der Waals surface area contributed by atoms with Gasteiger partial charge in [-0.05, 0) is 43.4 Å². The molecule has 1 saturated heterocycles. The van der Waals surface area contributed by atoms with Crippen LogP contribution < -0.4 is 10.6 Å². The van der Waals surface area contributed by atoms with E-state index in [9.17, 15) is 9.59 Å². The first-order valence-corrected chi connectivity index (χ1v) is 10.6. The Labute approximate surface area is 164 Å². The molecular weight excluding hydrogens is 368 g/mol. The van der Waals surface area contributed by atoms with Crippen LogP contribution in [0.25, 0.3) is 6.08 Å². The molecule has 26 heavy (non-hydrogen) atoms. The van der Waals surface area contributed by atoms with Gasteiger partial charge in [0.2, 0.25) is 5.91 Å². The second-order valence-electron chi connectivity index (χ2n) is 6.92. The summed E-state index contributed by atoms with van der Waals surface area (Å²) in [6, 6.07) is 7.58. The lowest BCUT2D eigenvalue weighted by Crippen LogP contribution is -2.51. The van der Waals surface area contributed by atoms with Crippen molar-refractivity contribution in [2.75, 3.05) is 6.54 Å². The number of rotatable bonds is 5. The Balaban J connectivity index is 1.62. The third kappa shape index (κ3) is 4.63. The van der Waals surface area contributed by atoms with Crippen LogP contribution in [0.4, 0.5) is 0 Å². The van der Waals surface area contributed by atoms with E-state index in [2.05, 4.69) is 17.6 Å². The second kappa shape index (κ2) is 8.96. The molecule has 0 spiro atoms. The molecule has 6 heteroatoms. The molecule has 2 amide bonds. The molecule has 1 heterocycles. The standard InChI is InChI=1S/C20H25ClN2O2S/c1-2-3-10-22-19(24)14-8-9-17-16(11-14)23-20(25)18(26-17)12-13-6-4-5-7-15(13)21/h4-7,12,14,16-17H,2-3,8-11H2,1H3,(H,22,24)(H,23,25)/b18-12+. The maximum Gasteiger partial charge on any atom is 0.257 e. The van der Waals surface area contributed by atoms with Crippen LogP contribution in [0.2, 0.25) is 5.02 Å². The zero-order chi connectivity index (χ0) is 18.5. The number of hydrogen-bond acceptors (Lipinski definition) is 3. The van der Waals surface area contributed by atoms with E-state index in [1.165, 1.54) is 0 Å². The average Bonchev–Trinajstić information content (AvgIpc) is 2.64. The zero-order valence-electron chi connectivity index (χ0n) is 15.0. The van der Waals surface area contributed by atoms with Gasteiger partial charge in [0, 0.05) is 28.8 Å². The van der Waals surface area contributed by atoms with Gasteiger partial charge in [-0.25, -0.2) is 0 Å². The summed E-state index contributed by atoms with van der Waals surface area (Å²) in [6.45, 7) is 2.85. The number of amides is 2. The lowest BCUT2D eigenvalue weighted by atomic mass is 9.84. The number of benzene rings is 1. The Morgan fingerprint density at radius 2 is 2.19 bits per heavy atom. The van der Waals surface area contributed by atoms with Crippen LogP contribution in [0.15, 0.2) is 29.2 Å². The molecule has 140 valence electrons. The van der Waals surface area contributed by atoms with E-state index >= 15 is 0 Å². The molecule has 3 atom stereocenters. The summed E-state index contributed by atoms with van der Waals surface area (Å²) >= 11 is 7.83. The lowest BCUT2D eigenvalue weighted by molar-refractivity contribution is -0.127. The molecule has 3 rings (SSSR count). The van der Waals surface area contributed by atoms with E-state index in [0.29, 0.717) is 15.2 Å². The number of fused-ring (bicyclic) bond motifs is 1. The molecule has 1 aromatic carbocycles. The highest BCUT2D eigenvalue weighted by Crippen LogP contribution is 2.40. The molecule has 1 aliphatic heterocycles. The van der Waals surface area contributed by atoms with E-state index in [-0.39, 0.29) is 23.8 Å². The van der Waals surface area contributed by atoms with Gasteiger partial charge < -0.3 is 10.6 Å². The third-order valence-electron chi connectivity index (χ3n) is 5.00. The fourth-order valence-electron chi connectivity index (χ4n) is 3.50. The van der Waals surface area contributed by atoms with Crippen LogP contribution in [-0.2, 0) is 9.59 Å². The minimum absolute atomic E-state index is 0.00287. The normalized spacial score (nSPS) is 26.9. The van der Waals surface area contributed by atoms with E-state index in [1.54, 1.807) is 11.8 Å². The first-order chi connectivity index (χ1) is 12.6. The molecule has 1 saturated carbocycles. The van der Waals surface area contributed by atoms with Crippen molar-refractivity contribution in [3.63, 3.8) is 0 Å². The Bertz CT molecular complexity index is 707. The molecule has 0 aromatic heterocycles. The van der Waals surface area contributed by atoms with Crippen molar-refractivity contribution in [1.29, 1.82) is 0 Å². The summed E-state index contributed by atoms with van der Waals surface area (Å²) < 4.78 is 0. The van der Waals surface area contributed by atoms with Crippen LogP contribution >= 0.6 is 23.4 Å². The van der Waals surface area contributed by atoms with Gasteiger partial charge >= 0.3 is 0 Å². The summed E-state index contributed by atoms with van der Waals surface area (Å²) in [5.74, 6) is 0.0693. The van der Waals surface area contributed by atoms with Crippen LogP contribution in [0.3, 0.4) is 0 Å². The van der Waals surface area contributed by atoms with Crippen molar-refractivity contribution >= 4 is 41.3 Å². The largest absolute Gasteiger partial charge is 0.356 e. The van der Waals surface area contributed by atoms with Crippen molar-refractivity contribution in [1.82, 2.24) is 10.6 Å². The summed E-state index contributed by atoms with van der Waals surface area (Å²) in [7, 11) is 0. The maximum atomic E-state index is 12.5. The predicted molar refractivity (Wildman–Crippen MR) is 108 cm³/mol. The molecule has 2 N–H and O–H groups in total. The minimum atomic E-state index is -0.0665. The van der Waals surface area contributed by atoms with E-state index < -0.39 is 0 Å². The van der Waals surface area contributed by atoms with Crippen LogP contribution in [0.5, 0.6) is 0 Å². The molecular formula is C20H25ClN2O2S. The van der Waals surface area contributed by atoms with Crippen LogP contribution in [-0.4, -0.2) is 29.7 Å². The Kier molecular flexibility index (Phi) is 6.65. The summed E-state index contributed by atoms with van der Waals surface area (Å²) in [5.41, 5.74) is 0.856. The van der Waals surface area contributed by atoms with Crippen molar-refractivity contribution in [3.05, 3.63) is 39.8 Å². The van der Waals surface area contributed by atoms with E-state index in [4.69, 9.17) is 11.6 Å². The summed E-state index contributed by atoms with van der Waals surface area (Å²) in [5, 5.41) is 7.09. The quantitative estimate of drug-likeness (QED) is 0.588. The number of carbonyl (C=O) groups excluding carboxylic acids is 2. The topological polar surface area (TPSA) is 58.2 Å². The number of carbonyl (C=O) groups is 2. The highest BCUT2D eigenvalue weighted by molar-refractivity contribution is 8.04. The Hall–Kier alpha value is -1.46. The van der Waals surface area contributed by atoms with Gasteiger partial charge in [-0.15, -0.1) is 11.8 Å². The highest BCUT2D eigenvalue weighted by Gasteiger charge is 2.39. The SMILES string of the molecule is CCCCNC(=O)C1CCC2S/C(=C/c3ccccc3Cl)C(=O)NC2C1. The zero-order valence-corrected chi connectivity index (χ0v) is 16.5. The number of hydrogen-bond donors (Lipinski definition) is 2. The molecule has 0 radical (unpaired) electrons. The van der Waals surface area contributed by atoms with Crippen molar-refractivity contribution < 1.29 is 9.59 Å². The maximum absolute atomic E-state index is 12.5. The summed E-state index contributed by atoms with van der Waals surface area (Å²) in [6.07, 6.45) is 6.47.